The summed E-state index contributed by atoms with van der Waals surface area (Å²) in [5.41, 5.74) is 6.42. The van der Waals surface area contributed by atoms with Gasteiger partial charge in [0.1, 0.15) is 5.82 Å². The molecule has 5 rings (SSSR count). The van der Waals surface area contributed by atoms with Crippen molar-refractivity contribution < 1.29 is 0 Å². The van der Waals surface area contributed by atoms with Gasteiger partial charge in [-0.2, -0.15) is 0 Å². The van der Waals surface area contributed by atoms with Crippen LogP contribution in [0, 0.1) is 0 Å². The molecule has 190 valence electrons. The van der Waals surface area contributed by atoms with E-state index in [1.54, 1.807) is 0 Å². The molecule has 1 aliphatic heterocycles. The molecule has 0 bridgehead atoms. The van der Waals surface area contributed by atoms with Gasteiger partial charge >= 0.3 is 0 Å². The second-order valence-electron chi connectivity index (χ2n) is 10.7. The summed E-state index contributed by atoms with van der Waals surface area (Å²) in [6.45, 7) is 4.60. The molecule has 1 atom stereocenters. The first-order valence-electron chi connectivity index (χ1n) is 14.2. The van der Waals surface area contributed by atoms with Crippen LogP contribution in [-0.2, 0) is 12.0 Å². The highest BCUT2D eigenvalue weighted by molar-refractivity contribution is 5.85. The third-order valence-corrected chi connectivity index (χ3v) is 8.08. The Morgan fingerprint density at radius 1 is 0.806 bits per heavy atom. The number of unbranched alkanes of at least 4 members (excludes halogenated alkanes) is 6. The lowest BCUT2D eigenvalue weighted by atomic mass is 9.76. The van der Waals surface area contributed by atoms with Crippen molar-refractivity contribution in [3.63, 3.8) is 0 Å². The average molecular weight is 483 g/mol. The van der Waals surface area contributed by atoms with Crippen LogP contribution in [0.1, 0.15) is 101 Å². The van der Waals surface area contributed by atoms with E-state index in [9.17, 15) is 0 Å². The predicted octanol–water partition coefficient (Wildman–Crippen LogP) is 8.58. The van der Waals surface area contributed by atoms with Crippen LogP contribution >= 0.6 is 0 Å². The molecule has 0 unspecified atom stereocenters. The van der Waals surface area contributed by atoms with Gasteiger partial charge in [0.25, 0.3) is 0 Å². The molecule has 0 saturated carbocycles. The lowest BCUT2D eigenvalue weighted by Crippen LogP contribution is -2.49. The number of nitrogens with zero attached hydrogens (tertiary/aromatic N) is 1. The number of nitrogens with one attached hydrogen (secondary N) is 3. The molecule has 3 N–H and O–H groups in total. The van der Waals surface area contributed by atoms with E-state index in [1.807, 2.05) is 6.20 Å². The number of H-pyrrole nitrogens is 2. The van der Waals surface area contributed by atoms with E-state index >= 15 is 0 Å². The molecule has 0 spiro atoms. The number of aromatic nitrogens is 3. The van der Waals surface area contributed by atoms with E-state index in [-0.39, 0.29) is 11.6 Å². The molecular weight excluding hydrogens is 440 g/mol. The first kappa shape index (κ1) is 24.8. The van der Waals surface area contributed by atoms with Crippen molar-refractivity contribution >= 4 is 10.9 Å². The van der Waals surface area contributed by atoms with Crippen LogP contribution < -0.4 is 5.32 Å². The fraction of sp³-hybridized carbons (Fsp3) is 0.469. The van der Waals surface area contributed by atoms with Gasteiger partial charge < -0.3 is 9.97 Å². The number of imidazole rings is 1. The number of hydrogen-bond donors (Lipinski definition) is 3. The van der Waals surface area contributed by atoms with Crippen molar-refractivity contribution in [3.05, 3.63) is 77.9 Å². The molecule has 4 heteroatoms. The maximum atomic E-state index is 4.91. The highest BCUT2D eigenvalue weighted by Gasteiger charge is 2.42. The molecule has 0 fully saturated rings. The number of para-hydroxylation sites is 1. The predicted molar refractivity (Wildman–Crippen MR) is 151 cm³/mol. The van der Waals surface area contributed by atoms with Crippen molar-refractivity contribution in [2.24, 2.45) is 0 Å². The summed E-state index contributed by atoms with van der Waals surface area (Å²) in [5, 5.41) is 5.57. The lowest BCUT2D eigenvalue weighted by molar-refractivity contribution is 0.208. The molecule has 2 aromatic carbocycles. The molecule has 0 amide bonds. The van der Waals surface area contributed by atoms with Gasteiger partial charge in [-0.3, -0.25) is 5.32 Å². The zero-order valence-corrected chi connectivity index (χ0v) is 22.1. The third kappa shape index (κ3) is 5.15. The van der Waals surface area contributed by atoms with E-state index < -0.39 is 0 Å². The maximum absolute atomic E-state index is 4.91. The summed E-state index contributed by atoms with van der Waals surface area (Å²) in [6.07, 6.45) is 15.6. The Morgan fingerprint density at radius 3 is 2.22 bits per heavy atom. The molecule has 4 nitrogen and oxygen atoms in total. The Balaban J connectivity index is 1.52. The number of hydrogen-bond acceptors (Lipinski definition) is 2. The van der Waals surface area contributed by atoms with Gasteiger partial charge in [0.2, 0.25) is 0 Å². The minimum absolute atomic E-state index is 0.0432. The first-order chi connectivity index (χ1) is 17.7. The maximum Gasteiger partial charge on any atom is 0.124 e. The largest absolute Gasteiger partial charge is 0.357 e. The summed E-state index contributed by atoms with van der Waals surface area (Å²) in [6, 6.07) is 19.6. The molecule has 0 radical (unpaired) electrons. The number of fused-ring (bicyclic) bond motifs is 3. The highest BCUT2D eigenvalue weighted by atomic mass is 15.1. The zero-order chi connectivity index (χ0) is 24.8. The summed E-state index contributed by atoms with van der Waals surface area (Å²) in [4.78, 5) is 12.5. The van der Waals surface area contributed by atoms with Crippen LogP contribution in [0.15, 0.2) is 60.8 Å². The van der Waals surface area contributed by atoms with Gasteiger partial charge in [0, 0.05) is 16.6 Å². The van der Waals surface area contributed by atoms with Crippen molar-refractivity contribution in [3.8, 4) is 11.3 Å². The molecule has 4 aromatic rings. The van der Waals surface area contributed by atoms with E-state index in [2.05, 4.69) is 83.7 Å². The number of aromatic amines is 2. The second-order valence-corrected chi connectivity index (χ2v) is 10.7. The fourth-order valence-electron chi connectivity index (χ4n) is 6.15. The fourth-order valence-corrected chi connectivity index (χ4v) is 6.15. The third-order valence-electron chi connectivity index (χ3n) is 8.08. The Labute approximate surface area is 216 Å². The second kappa shape index (κ2) is 11.5. The highest BCUT2D eigenvalue weighted by Crippen LogP contribution is 2.44. The summed E-state index contributed by atoms with van der Waals surface area (Å²) >= 11 is 0. The molecule has 1 aliphatic rings. The summed E-state index contributed by atoms with van der Waals surface area (Å²) < 4.78 is 0. The SMILES string of the molecule is CCCCCCC1(CCCCCC)N[C@H](c2ncc(-c3ccccc3)[nH]2)Cc2c1[nH]c1ccccc21. The molecule has 0 aliphatic carbocycles. The standard InChI is InChI=1S/C32H42N4/c1-3-5-7-14-20-32(21-15-8-6-4-2)30-26(25-18-12-13-19-27(25)34-30)22-28(36-32)31-33-23-29(35-31)24-16-10-9-11-17-24/h9-13,16-19,23,28,34,36H,3-8,14-15,20-22H2,1-2H3,(H,33,35)/t28-/m0/s1. The Bertz CT molecular complexity index is 1220. The van der Waals surface area contributed by atoms with Crippen LogP contribution in [0.4, 0.5) is 0 Å². The number of benzene rings is 2. The van der Waals surface area contributed by atoms with Gasteiger partial charge in [0.05, 0.1) is 23.5 Å². The van der Waals surface area contributed by atoms with E-state index in [1.165, 1.54) is 91.9 Å². The Kier molecular flexibility index (Phi) is 7.91. The van der Waals surface area contributed by atoms with E-state index in [0.29, 0.717) is 0 Å². The summed E-state index contributed by atoms with van der Waals surface area (Å²) in [5.74, 6) is 1.05. The monoisotopic (exact) mass is 482 g/mol. The average Bonchev–Trinajstić information content (AvgIpc) is 3.56. The van der Waals surface area contributed by atoms with Crippen LogP contribution in [0.2, 0.25) is 0 Å². The topological polar surface area (TPSA) is 56.5 Å². The van der Waals surface area contributed by atoms with E-state index in [0.717, 1.165) is 17.9 Å². The van der Waals surface area contributed by atoms with Crippen LogP contribution in [-0.4, -0.2) is 15.0 Å². The Hall–Kier alpha value is -2.85. The number of rotatable bonds is 12. The molecule has 3 heterocycles. The smallest absolute Gasteiger partial charge is 0.124 e. The molecule has 2 aromatic heterocycles. The van der Waals surface area contributed by atoms with Crippen LogP contribution in [0.3, 0.4) is 0 Å². The van der Waals surface area contributed by atoms with Gasteiger partial charge in [-0.25, -0.2) is 4.98 Å². The van der Waals surface area contributed by atoms with Crippen molar-refractivity contribution in [2.75, 3.05) is 0 Å². The quantitative estimate of drug-likeness (QED) is 0.177. The first-order valence-corrected chi connectivity index (χ1v) is 14.2. The summed E-state index contributed by atoms with van der Waals surface area (Å²) in [7, 11) is 0. The van der Waals surface area contributed by atoms with Crippen molar-refractivity contribution in [2.45, 2.75) is 96.1 Å². The minimum Gasteiger partial charge on any atom is -0.357 e. The van der Waals surface area contributed by atoms with Gasteiger partial charge in [0.15, 0.2) is 0 Å². The van der Waals surface area contributed by atoms with Crippen LogP contribution in [0.5, 0.6) is 0 Å². The van der Waals surface area contributed by atoms with E-state index in [4.69, 9.17) is 4.98 Å². The van der Waals surface area contributed by atoms with Crippen molar-refractivity contribution in [1.82, 2.24) is 20.3 Å². The van der Waals surface area contributed by atoms with Gasteiger partial charge in [-0.05, 0) is 36.5 Å². The van der Waals surface area contributed by atoms with Crippen molar-refractivity contribution in [1.29, 1.82) is 0 Å². The van der Waals surface area contributed by atoms with Gasteiger partial charge in [-0.15, -0.1) is 0 Å². The Morgan fingerprint density at radius 2 is 1.50 bits per heavy atom. The molecular formula is C32H42N4. The molecule has 0 saturated heterocycles. The minimum atomic E-state index is -0.0432. The lowest BCUT2D eigenvalue weighted by Gasteiger charge is -2.42. The van der Waals surface area contributed by atoms with Gasteiger partial charge in [-0.1, -0.05) is 114 Å². The van der Waals surface area contributed by atoms with Crippen LogP contribution in [0.25, 0.3) is 22.2 Å². The normalized spacial score (nSPS) is 16.9. The molecule has 36 heavy (non-hydrogen) atoms. The zero-order valence-electron chi connectivity index (χ0n) is 22.1.